The predicted octanol–water partition coefficient (Wildman–Crippen LogP) is 3.88. The van der Waals surface area contributed by atoms with Crippen LogP contribution in [0.1, 0.15) is 43.2 Å². The summed E-state index contributed by atoms with van der Waals surface area (Å²) in [5.41, 5.74) is 5.63. The van der Waals surface area contributed by atoms with Crippen LogP contribution >= 0.6 is 0 Å². The highest BCUT2D eigenvalue weighted by atomic mass is 19.4. The van der Waals surface area contributed by atoms with Crippen molar-refractivity contribution in [2.45, 2.75) is 38.3 Å². The summed E-state index contributed by atoms with van der Waals surface area (Å²) in [5, 5.41) is 0. The maximum Gasteiger partial charge on any atom is 0.418 e. The molecule has 1 aliphatic rings. The monoisotopic (exact) mass is 286 g/mol. The third-order valence-corrected chi connectivity index (χ3v) is 4.01. The van der Waals surface area contributed by atoms with E-state index in [0.29, 0.717) is 5.56 Å². The first-order chi connectivity index (χ1) is 9.43. The van der Waals surface area contributed by atoms with Crippen molar-refractivity contribution in [3.8, 4) is 0 Å². The lowest BCUT2D eigenvalue weighted by Crippen LogP contribution is -2.33. The molecule has 1 heterocycles. The number of anilines is 1. The molecule has 112 valence electrons. The van der Waals surface area contributed by atoms with Gasteiger partial charge in [0.25, 0.3) is 0 Å². The van der Waals surface area contributed by atoms with Crippen molar-refractivity contribution in [1.82, 2.24) is 4.90 Å². The van der Waals surface area contributed by atoms with Crippen LogP contribution in [0.3, 0.4) is 0 Å². The molecule has 1 aliphatic heterocycles. The first-order valence-electron chi connectivity index (χ1n) is 7.11. The number of hydrogen-bond donors (Lipinski definition) is 1. The Bertz CT molecular complexity index is 449. The summed E-state index contributed by atoms with van der Waals surface area (Å²) in [6, 6.07) is 4.27. The minimum Gasteiger partial charge on any atom is -0.398 e. The fourth-order valence-corrected chi connectivity index (χ4v) is 2.97. The van der Waals surface area contributed by atoms with Crippen LogP contribution in [0.2, 0.25) is 0 Å². The van der Waals surface area contributed by atoms with Gasteiger partial charge in [-0.05, 0) is 56.4 Å². The maximum atomic E-state index is 12.9. The molecule has 2 nitrogen and oxygen atoms in total. The molecule has 0 amide bonds. The second-order valence-electron chi connectivity index (χ2n) is 5.42. The minimum atomic E-state index is -4.37. The van der Waals surface area contributed by atoms with E-state index in [-0.39, 0.29) is 11.6 Å². The normalized spacial score (nSPS) is 18.4. The molecule has 0 bridgehead atoms. The molecule has 5 heteroatoms. The highest BCUT2D eigenvalue weighted by Crippen LogP contribution is 2.39. The van der Waals surface area contributed by atoms with Crippen LogP contribution in [-0.4, -0.2) is 24.5 Å². The lowest BCUT2D eigenvalue weighted by Gasteiger charge is -2.32. The number of alkyl halides is 3. The van der Waals surface area contributed by atoms with Crippen molar-refractivity contribution in [1.29, 1.82) is 0 Å². The molecule has 0 aliphatic carbocycles. The molecule has 0 atom stereocenters. The molecule has 0 saturated carbocycles. The number of rotatable bonds is 3. The van der Waals surface area contributed by atoms with E-state index < -0.39 is 11.7 Å². The van der Waals surface area contributed by atoms with Crippen LogP contribution in [0, 0.1) is 0 Å². The molecule has 0 spiro atoms. The van der Waals surface area contributed by atoms with E-state index in [0.717, 1.165) is 45.0 Å². The highest BCUT2D eigenvalue weighted by molar-refractivity contribution is 5.56. The van der Waals surface area contributed by atoms with Gasteiger partial charge in [-0.2, -0.15) is 13.2 Å². The number of para-hydroxylation sites is 1. The van der Waals surface area contributed by atoms with Gasteiger partial charge < -0.3 is 10.6 Å². The zero-order valence-electron chi connectivity index (χ0n) is 11.7. The largest absolute Gasteiger partial charge is 0.418 e. The average molecular weight is 286 g/mol. The number of benzene rings is 1. The van der Waals surface area contributed by atoms with Crippen molar-refractivity contribution in [3.63, 3.8) is 0 Å². The van der Waals surface area contributed by atoms with E-state index >= 15 is 0 Å². The Kier molecular flexibility index (Phi) is 4.58. The van der Waals surface area contributed by atoms with E-state index in [1.54, 1.807) is 6.07 Å². The van der Waals surface area contributed by atoms with Gasteiger partial charge in [0.05, 0.1) is 5.56 Å². The number of nitrogen functional groups attached to an aromatic ring is 1. The summed E-state index contributed by atoms with van der Waals surface area (Å²) in [4.78, 5) is 2.36. The summed E-state index contributed by atoms with van der Waals surface area (Å²) in [5.74, 6) is 0.144. The number of hydrogen-bond acceptors (Lipinski definition) is 2. The highest BCUT2D eigenvalue weighted by Gasteiger charge is 2.34. The van der Waals surface area contributed by atoms with Gasteiger partial charge in [-0.25, -0.2) is 0 Å². The van der Waals surface area contributed by atoms with Gasteiger partial charge in [-0.1, -0.05) is 19.1 Å². The molecule has 2 rings (SSSR count). The Labute approximate surface area is 117 Å². The fraction of sp³-hybridized carbons (Fsp3) is 0.600. The molecular formula is C15H21F3N2. The van der Waals surface area contributed by atoms with Crippen molar-refractivity contribution in [2.75, 3.05) is 25.4 Å². The van der Waals surface area contributed by atoms with Crippen LogP contribution in [0.25, 0.3) is 0 Å². The standard InChI is InChI=1S/C15H21F3N2/c1-2-8-20-9-6-11(7-10-20)12-4-3-5-13(14(12)19)15(16,17)18/h3-5,11H,2,6-10,19H2,1H3. The Morgan fingerprint density at radius 1 is 1.25 bits per heavy atom. The number of piperidine rings is 1. The third kappa shape index (κ3) is 3.26. The minimum absolute atomic E-state index is 0.0889. The summed E-state index contributed by atoms with van der Waals surface area (Å²) in [6.07, 6.45) is -1.50. The molecule has 1 aromatic rings. The SMILES string of the molecule is CCCN1CCC(c2cccc(C(F)(F)F)c2N)CC1. The first-order valence-corrected chi connectivity index (χ1v) is 7.11. The zero-order valence-corrected chi connectivity index (χ0v) is 11.7. The summed E-state index contributed by atoms with van der Waals surface area (Å²) >= 11 is 0. The van der Waals surface area contributed by atoms with E-state index in [4.69, 9.17) is 5.73 Å². The van der Waals surface area contributed by atoms with Crippen LogP contribution < -0.4 is 5.73 Å². The van der Waals surface area contributed by atoms with Gasteiger partial charge in [-0.15, -0.1) is 0 Å². The van der Waals surface area contributed by atoms with Gasteiger partial charge in [0.15, 0.2) is 0 Å². The number of likely N-dealkylation sites (tertiary alicyclic amines) is 1. The quantitative estimate of drug-likeness (QED) is 0.854. The molecule has 2 N–H and O–H groups in total. The van der Waals surface area contributed by atoms with E-state index in [9.17, 15) is 13.2 Å². The van der Waals surface area contributed by atoms with Crippen molar-refractivity contribution < 1.29 is 13.2 Å². The number of nitrogens with zero attached hydrogens (tertiary/aromatic N) is 1. The van der Waals surface area contributed by atoms with Gasteiger partial charge in [0, 0.05) is 5.69 Å². The maximum absolute atomic E-state index is 12.9. The molecular weight excluding hydrogens is 265 g/mol. The molecule has 1 aromatic carbocycles. The number of halogens is 3. The smallest absolute Gasteiger partial charge is 0.398 e. The fourth-order valence-electron chi connectivity index (χ4n) is 2.97. The van der Waals surface area contributed by atoms with Gasteiger partial charge >= 0.3 is 6.18 Å². The van der Waals surface area contributed by atoms with Crippen LogP contribution in [0.15, 0.2) is 18.2 Å². The summed E-state index contributed by atoms with van der Waals surface area (Å²) in [7, 11) is 0. The van der Waals surface area contributed by atoms with Crippen molar-refractivity contribution in [3.05, 3.63) is 29.3 Å². The topological polar surface area (TPSA) is 29.3 Å². The number of nitrogens with two attached hydrogens (primary N) is 1. The Hall–Kier alpha value is -1.23. The molecule has 0 unspecified atom stereocenters. The van der Waals surface area contributed by atoms with E-state index in [1.165, 1.54) is 6.07 Å². The van der Waals surface area contributed by atoms with E-state index in [2.05, 4.69) is 11.8 Å². The van der Waals surface area contributed by atoms with Crippen LogP contribution in [0.5, 0.6) is 0 Å². The lowest BCUT2D eigenvalue weighted by atomic mass is 9.87. The predicted molar refractivity (Wildman–Crippen MR) is 74.6 cm³/mol. The second kappa shape index (κ2) is 6.04. The van der Waals surface area contributed by atoms with Crippen LogP contribution in [-0.2, 0) is 6.18 Å². The molecule has 1 fully saturated rings. The second-order valence-corrected chi connectivity index (χ2v) is 5.42. The van der Waals surface area contributed by atoms with Gasteiger partial charge in [-0.3, -0.25) is 0 Å². The van der Waals surface area contributed by atoms with Gasteiger partial charge in [0.1, 0.15) is 0 Å². The lowest BCUT2D eigenvalue weighted by molar-refractivity contribution is -0.136. The molecule has 0 radical (unpaired) electrons. The van der Waals surface area contributed by atoms with E-state index in [1.807, 2.05) is 0 Å². The first kappa shape index (κ1) is 15.2. The molecule has 20 heavy (non-hydrogen) atoms. The third-order valence-electron chi connectivity index (χ3n) is 4.01. The summed E-state index contributed by atoms with van der Waals surface area (Å²) in [6.45, 7) is 5.07. The Morgan fingerprint density at radius 3 is 2.45 bits per heavy atom. The van der Waals surface area contributed by atoms with Crippen LogP contribution in [0.4, 0.5) is 18.9 Å². The Morgan fingerprint density at radius 2 is 1.90 bits per heavy atom. The summed E-state index contributed by atoms with van der Waals surface area (Å²) < 4.78 is 38.6. The molecule has 0 aromatic heterocycles. The molecule has 1 saturated heterocycles. The van der Waals surface area contributed by atoms with Crippen molar-refractivity contribution >= 4 is 5.69 Å². The zero-order chi connectivity index (χ0) is 14.8. The van der Waals surface area contributed by atoms with Gasteiger partial charge in [0.2, 0.25) is 0 Å². The van der Waals surface area contributed by atoms with Crippen molar-refractivity contribution in [2.24, 2.45) is 0 Å². The average Bonchev–Trinajstić information content (AvgIpc) is 2.39. The Balaban J connectivity index is 2.15.